The van der Waals surface area contributed by atoms with E-state index in [9.17, 15) is 0 Å². The van der Waals surface area contributed by atoms with Gasteiger partial charge in [0.05, 0.1) is 20.3 Å². The third-order valence-electron chi connectivity index (χ3n) is 3.71. The van der Waals surface area contributed by atoms with Crippen molar-refractivity contribution in [2.24, 2.45) is 5.84 Å². The molecule has 1 atom stereocenters. The molecule has 2 rings (SSSR count). The number of aryl methyl sites for hydroxylation is 2. The Morgan fingerprint density at radius 3 is 2.19 bits per heavy atom. The number of benzene rings is 2. The quantitative estimate of drug-likeness (QED) is 0.655. The molecule has 4 heteroatoms. The summed E-state index contributed by atoms with van der Waals surface area (Å²) in [5.41, 5.74) is 7.21. The number of hydrogen-bond donors (Lipinski definition) is 2. The number of nitrogens with one attached hydrogen (secondary N) is 1. The van der Waals surface area contributed by atoms with Gasteiger partial charge in [0.1, 0.15) is 11.5 Å². The summed E-state index contributed by atoms with van der Waals surface area (Å²) in [4.78, 5) is 0. The molecule has 0 aliphatic rings. The second kappa shape index (κ2) is 6.61. The first-order valence-electron chi connectivity index (χ1n) is 6.86. The van der Waals surface area contributed by atoms with Crippen LogP contribution in [0.25, 0.3) is 0 Å². The fourth-order valence-electron chi connectivity index (χ4n) is 2.59. The number of ether oxygens (including phenoxy) is 2. The second-order valence-corrected chi connectivity index (χ2v) is 5.02. The molecule has 0 aromatic heterocycles. The Bertz CT molecular complexity index is 626. The van der Waals surface area contributed by atoms with Crippen LogP contribution in [0.1, 0.15) is 28.3 Å². The summed E-state index contributed by atoms with van der Waals surface area (Å²) < 4.78 is 10.8. The van der Waals surface area contributed by atoms with Crippen molar-refractivity contribution in [3.63, 3.8) is 0 Å². The molecule has 3 N–H and O–H groups in total. The van der Waals surface area contributed by atoms with Crippen LogP contribution in [0.4, 0.5) is 0 Å². The average Bonchev–Trinajstić information content (AvgIpc) is 2.51. The number of hydrogen-bond acceptors (Lipinski definition) is 4. The summed E-state index contributed by atoms with van der Waals surface area (Å²) in [6.07, 6.45) is 0. The summed E-state index contributed by atoms with van der Waals surface area (Å²) >= 11 is 0. The highest BCUT2D eigenvalue weighted by molar-refractivity contribution is 5.48. The Labute approximate surface area is 125 Å². The van der Waals surface area contributed by atoms with Crippen LogP contribution in [0.3, 0.4) is 0 Å². The monoisotopic (exact) mass is 286 g/mol. The first-order chi connectivity index (χ1) is 10.1. The van der Waals surface area contributed by atoms with E-state index < -0.39 is 0 Å². The highest BCUT2D eigenvalue weighted by Gasteiger charge is 2.19. The van der Waals surface area contributed by atoms with E-state index in [0.717, 1.165) is 33.8 Å². The van der Waals surface area contributed by atoms with Gasteiger partial charge in [-0.2, -0.15) is 0 Å². The Kier molecular flexibility index (Phi) is 4.83. The maximum atomic E-state index is 5.81. The van der Waals surface area contributed by atoms with Gasteiger partial charge in [-0.05, 0) is 42.7 Å². The standard InChI is InChI=1S/C17H22N2O2/c1-11-10-16(21-4)12(2)9-14(11)17(19-18)13-7-5-6-8-15(13)20-3/h5-10,17,19H,18H2,1-4H3. The Morgan fingerprint density at radius 1 is 0.905 bits per heavy atom. The van der Waals surface area contributed by atoms with Gasteiger partial charge in [-0.3, -0.25) is 5.84 Å². The topological polar surface area (TPSA) is 56.5 Å². The predicted molar refractivity (Wildman–Crippen MR) is 84.6 cm³/mol. The van der Waals surface area contributed by atoms with E-state index in [1.807, 2.05) is 37.3 Å². The van der Waals surface area contributed by atoms with Crippen molar-refractivity contribution >= 4 is 0 Å². The molecule has 0 heterocycles. The van der Waals surface area contributed by atoms with Crippen molar-refractivity contribution in [1.29, 1.82) is 0 Å². The van der Waals surface area contributed by atoms with Crippen LogP contribution < -0.4 is 20.7 Å². The number of rotatable bonds is 5. The van der Waals surface area contributed by atoms with Gasteiger partial charge >= 0.3 is 0 Å². The molecule has 0 amide bonds. The fraction of sp³-hybridized carbons (Fsp3) is 0.294. The minimum atomic E-state index is -0.134. The van der Waals surface area contributed by atoms with Crippen LogP contribution in [-0.4, -0.2) is 14.2 Å². The second-order valence-electron chi connectivity index (χ2n) is 5.02. The van der Waals surface area contributed by atoms with Gasteiger partial charge in [-0.15, -0.1) is 0 Å². The highest BCUT2D eigenvalue weighted by Crippen LogP contribution is 2.33. The van der Waals surface area contributed by atoms with Crippen molar-refractivity contribution in [2.45, 2.75) is 19.9 Å². The van der Waals surface area contributed by atoms with E-state index in [-0.39, 0.29) is 6.04 Å². The molecular formula is C17H22N2O2. The molecule has 1 unspecified atom stereocenters. The van der Waals surface area contributed by atoms with E-state index in [2.05, 4.69) is 18.4 Å². The molecule has 0 aliphatic heterocycles. The van der Waals surface area contributed by atoms with Crippen LogP contribution >= 0.6 is 0 Å². The number of methoxy groups -OCH3 is 2. The number of para-hydroxylation sites is 1. The molecule has 0 radical (unpaired) electrons. The van der Waals surface area contributed by atoms with Gasteiger partial charge < -0.3 is 9.47 Å². The summed E-state index contributed by atoms with van der Waals surface area (Å²) in [6, 6.07) is 11.9. The maximum Gasteiger partial charge on any atom is 0.124 e. The lowest BCUT2D eigenvalue weighted by Crippen LogP contribution is -2.29. The van der Waals surface area contributed by atoms with E-state index in [1.54, 1.807) is 14.2 Å². The molecule has 112 valence electrons. The number of nitrogens with two attached hydrogens (primary N) is 1. The van der Waals surface area contributed by atoms with Crippen molar-refractivity contribution in [1.82, 2.24) is 5.43 Å². The largest absolute Gasteiger partial charge is 0.496 e. The molecule has 0 aliphatic carbocycles. The molecule has 2 aromatic rings. The summed E-state index contributed by atoms with van der Waals surface area (Å²) in [5, 5.41) is 0. The van der Waals surface area contributed by atoms with Crippen molar-refractivity contribution in [3.05, 3.63) is 58.7 Å². The lowest BCUT2D eigenvalue weighted by atomic mass is 9.93. The lowest BCUT2D eigenvalue weighted by Gasteiger charge is -2.22. The van der Waals surface area contributed by atoms with E-state index >= 15 is 0 Å². The Hall–Kier alpha value is -2.04. The molecule has 0 saturated carbocycles. The maximum absolute atomic E-state index is 5.81. The zero-order valence-corrected chi connectivity index (χ0v) is 12.9. The normalized spacial score (nSPS) is 12.0. The van der Waals surface area contributed by atoms with Gasteiger partial charge in [-0.25, -0.2) is 5.43 Å². The third kappa shape index (κ3) is 3.01. The molecule has 2 aromatic carbocycles. The zero-order chi connectivity index (χ0) is 15.4. The van der Waals surface area contributed by atoms with E-state index in [1.165, 1.54) is 0 Å². The molecular weight excluding hydrogens is 264 g/mol. The van der Waals surface area contributed by atoms with Gasteiger partial charge in [0.25, 0.3) is 0 Å². The van der Waals surface area contributed by atoms with E-state index in [4.69, 9.17) is 15.3 Å². The molecule has 0 spiro atoms. The summed E-state index contributed by atoms with van der Waals surface area (Å²) in [5.74, 6) is 7.51. The fourth-order valence-corrected chi connectivity index (χ4v) is 2.59. The molecule has 4 nitrogen and oxygen atoms in total. The van der Waals surface area contributed by atoms with Crippen molar-refractivity contribution in [3.8, 4) is 11.5 Å². The molecule has 0 fully saturated rings. The predicted octanol–water partition coefficient (Wildman–Crippen LogP) is 2.87. The van der Waals surface area contributed by atoms with E-state index in [0.29, 0.717) is 0 Å². The van der Waals surface area contributed by atoms with Crippen LogP contribution in [0.2, 0.25) is 0 Å². The highest BCUT2D eigenvalue weighted by atomic mass is 16.5. The first-order valence-corrected chi connectivity index (χ1v) is 6.86. The minimum absolute atomic E-state index is 0.134. The van der Waals surface area contributed by atoms with Crippen LogP contribution in [0.15, 0.2) is 36.4 Å². The van der Waals surface area contributed by atoms with Gasteiger partial charge in [0, 0.05) is 5.56 Å². The lowest BCUT2D eigenvalue weighted by molar-refractivity contribution is 0.403. The summed E-state index contributed by atoms with van der Waals surface area (Å²) in [6.45, 7) is 4.08. The van der Waals surface area contributed by atoms with Gasteiger partial charge in [0.15, 0.2) is 0 Å². The molecule has 0 saturated heterocycles. The van der Waals surface area contributed by atoms with Crippen LogP contribution in [0.5, 0.6) is 11.5 Å². The first kappa shape index (κ1) is 15.4. The van der Waals surface area contributed by atoms with Gasteiger partial charge in [0.2, 0.25) is 0 Å². The summed E-state index contributed by atoms with van der Waals surface area (Å²) in [7, 11) is 3.35. The van der Waals surface area contributed by atoms with Crippen molar-refractivity contribution < 1.29 is 9.47 Å². The molecule has 0 bridgehead atoms. The van der Waals surface area contributed by atoms with Gasteiger partial charge in [-0.1, -0.05) is 24.3 Å². The Balaban J connectivity index is 2.54. The van der Waals surface area contributed by atoms with Crippen LogP contribution in [-0.2, 0) is 0 Å². The SMILES string of the molecule is COc1cc(C)c(C(NN)c2ccccc2OC)cc1C. The Morgan fingerprint density at radius 2 is 1.57 bits per heavy atom. The zero-order valence-electron chi connectivity index (χ0n) is 12.9. The average molecular weight is 286 g/mol. The van der Waals surface area contributed by atoms with Crippen LogP contribution in [0, 0.1) is 13.8 Å². The number of hydrazine groups is 1. The molecule has 21 heavy (non-hydrogen) atoms. The van der Waals surface area contributed by atoms with Crippen molar-refractivity contribution in [2.75, 3.05) is 14.2 Å². The third-order valence-corrected chi connectivity index (χ3v) is 3.71. The smallest absolute Gasteiger partial charge is 0.124 e. The minimum Gasteiger partial charge on any atom is -0.496 e.